The van der Waals surface area contributed by atoms with Crippen LogP contribution in [-0.4, -0.2) is 74.9 Å². The Bertz CT molecular complexity index is 1160. The predicted octanol–water partition coefficient (Wildman–Crippen LogP) is 18.0. The molecule has 10 heteroatoms. The quantitative estimate of drug-likeness (QED) is 0.0211. The first-order valence-corrected chi connectivity index (χ1v) is 30.9. The number of phosphoric ester groups is 1. The molecule has 0 bridgehead atoms. The molecule has 0 fully saturated rings. The molecule has 0 spiro atoms. The van der Waals surface area contributed by atoms with Crippen LogP contribution >= 0.6 is 7.82 Å². The van der Waals surface area contributed by atoms with Crippen molar-refractivity contribution in [1.29, 1.82) is 0 Å². The number of unbranched alkanes of at least 4 members (excludes halogenated alkanes) is 39. The van der Waals surface area contributed by atoms with Gasteiger partial charge in [0.15, 0.2) is 6.10 Å². The number of hydrogen-bond acceptors (Lipinski definition) is 7. The van der Waals surface area contributed by atoms with E-state index in [1.54, 1.807) is 0 Å². The van der Waals surface area contributed by atoms with E-state index in [0.29, 0.717) is 23.9 Å². The fraction of sp³-hybridized carbons (Fsp3) is 0.931. The number of allylic oxidation sites excluding steroid dienone is 2. The van der Waals surface area contributed by atoms with E-state index < -0.39 is 26.5 Å². The molecular formula is C58H115NO8P+. The molecule has 0 saturated carbocycles. The van der Waals surface area contributed by atoms with Crippen molar-refractivity contribution < 1.29 is 42.1 Å². The number of hydrogen-bond donors (Lipinski definition) is 1. The van der Waals surface area contributed by atoms with Crippen LogP contribution in [0.25, 0.3) is 0 Å². The summed E-state index contributed by atoms with van der Waals surface area (Å²) in [6, 6.07) is 0. The number of carbonyl (C=O) groups is 2. The summed E-state index contributed by atoms with van der Waals surface area (Å²) in [5.41, 5.74) is 0. The number of rotatable bonds is 55. The molecule has 0 aliphatic rings. The van der Waals surface area contributed by atoms with Crippen molar-refractivity contribution in [3.63, 3.8) is 0 Å². The SMILES string of the molecule is CCCCCCCC/C=C\CCCCCCCC(=O)OC(COC(=O)CCCCCCCCCCCCCCCCCCCCCCCCCCCCCCC)COP(=O)(O)OCC[N+](C)(C)C. The Morgan fingerprint density at radius 2 is 0.750 bits per heavy atom. The van der Waals surface area contributed by atoms with Crippen LogP contribution in [0.5, 0.6) is 0 Å². The number of likely N-dealkylation sites (N-methyl/N-ethyl adjacent to an activating group) is 1. The highest BCUT2D eigenvalue weighted by molar-refractivity contribution is 7.47. The zero-order chi connectivity index (χ0) is 49.9. The van der Waals surface area contributed by atoms with Gasteiger partial charge in [-0.2, -0.15) is 0 Å². The van der Waals surface area contributed by atoms with Gasteiger partial charge in [-0.25, -0.2) is 4.57 Å². The van der Waals surface area contributed by atoms with Gasteiger partial charge < -0.3 is 18.9 Å². The largest absolute Gasteiger partial charge is 0.472 e. The summed E-state index contributed by atoms with van der Waals surface area (Å²) in [6.07, 6.45) is 58.7. The number of quaternary nitrogens is 1. The van der Waals surface area contributed by atoms with E-state index in [9.17, 15) is 19.0 Å². The molecule has 0 aromatic carbocycles. The third-order valence-corrected chi connectivity index (χ3v) is 14.3. The normalized spacial score (nSPS) is 13.3. The molecule has 0 aromatic heterocycles. The average Bonchev–Trinajstić information content (AvgIpc) is 3.30. The van der Waals surface area contributed by atoms with Crippen LogP contribution < -0.4 is 0 Å². The van der Waals surface area contributed by atoms with Crippen molar-refractivity contribution in [3.05, 3.63) is 12.2 Å². The zero-order valence-corrected chi connectivity index (χ0v) is 46.8. The highest BCUT2D eigenvalue weighted by atomic mass is 31.2. The van der Waals surface area contributed by atoms with Crippen LogP contribution in [0.4, 0.5) is 0 Å². The first kappa shape index (κ1) is 66.8. The van der Waals surface area contributed by atoms with E-state index in [1.165, 1.54) is 212 Å². The van der Waals surface area contributed by atoms with Gasteiger partial charge in [-0.05, 0) is 38.5 Å². The number of esters is 2. The second kappa shape index (κ2) is 50.7. The smallest absolute Gasteiger partial charge is 0.462 e. The summed E-state index contributed by atoms with van der Waals surface area (Å²) in [5, 5.41) is 0. The monoisotopic (exact) mass is 985 g/mol. The molecule has 0 aliphatic carbocycles. The van der Waals surface area contributed by atoms with Gasteiger partial charge in [0.1, 0.15) is 19.8 Å². The predicted molar refractivity (Wildman–Crippen MR) is 289 cm³/mol. The van der Waals surface area contributed by atoms with Crippen molar-refractivity contribution in [1.82, 2.24) is 0 Å². The Kier molecular flexibility index (Phi) is 49.8. The summed E-state index contributed by atoms with van der Waals surface area (Å²) in [5.74, 6) is -0.790. The van der Waals surface area contributed by atoms with Gasteiger partial charge >= 0.3 is 19.8 Å². The van der Waals surface area contributed by atoms with Crippen LogP contribution in [0.1, 0.15) is 296 Å². The topological polar surface area (TPSA) is 108 Å². The lowest BCUT2D eigenvalue weighted by Crippen LogP contribution is -2.37. The average molecular weight is 986 g/mol. The summed E-state index contributed by atoms with van der Waals surface area (Å²) in [4.78, 5) is 35.6. The summed E-state index contributed by atoms with van der Waals surface area (Å²) in [7, 11) is 1.49. The van der Waals surface area contributed by atoms with Gasteiger partial charge in [0, 0.05) is 12.8 Å². The van der Waals surface area contributed by atoms with Crippen molar-refractivity contribution >= 4 is 19.8 Å². The highest BCUT2D eigenvalue weighted by Crippen LogP contribution is 2.43. The number of ether oxygens (including phenoxy) is 2. The first-order valence-electron chi connectivity index (χ1n) is 29.4. The van der Waals surface area contributed by atoms with Gasteiger partial charge in [0.05, 0.1) is 27.7 Å². The molecule has 0 rings (SSSR count). The van der Waals surface area contributed by atoms with Crippen LogP contribution in [0, 0.1) is 0 Å². The standard InChI is InChI=1S/C58H114NO8P/c1-6-8-10-12-14-16-18-20-22-23-24-25-26-27-28-29-30-31-32-33-34-35-37-38-40-42-44-46-48-50-57(60)64-54-56(55-66-68(62,63)65-53-52-59(3,4)5)67-58(61)51-49-47-45-43-41-39-36-21-19-17-15-13-11-9-7-2/h21,36,56H,6-20,22-35,37-55H2,1-5H3/p+1/b36-21-. The molecular weight excluding hydrogens is 870 g/mol. The van der Waals surface area contributed by atoms with Gasteiger partial charge in [-0.3, -0.25) is 18.6 Å². The molecule has 0 saturated heterocycles. The Morgan fingerprint density at radius 1 is 0.441 bits per heavy atom. The first-order chi connectivity index (χ1) is 33.0. The zero-order valence-electron chi connectivity index (χ0n) is 45.9. The molecule has 0 heterocycles. The van der Waals surface area contributed by atoms with Crippen molar-refractivity contribution in [2.24, 2.45) is 0 Å². The lowest BCUT2D eigenvalue weighted by atomic mass is 10.0. The second-order valence-electron chi connectivity index (χ2n) is 21.4. The van der Waals surface area contributed by atoms with Crippen LogP contribution in [0.3, 0.4) is 0 Å². The van der Waals surface area contributed by atoms with E-state index in [4.69, 9.17) is 18.5 Å². The van der Waals surface area contributed by atoms with E-state index >= 15 is 0 Å². The molecule has 0 aromatic rings. The second-order valence-corrected chi connectivity index (χ2v) is 22.8. The van der Waals surface area contributed by atoms with E-state index in [2.05, 4.69) is 26.0 Å². The van der Waals surface area contributed by atoms with Gasteiger partial charge in [0.25, 0.3) is 0 Å². The Morgan fingerprint density at radius 3 is 1.09 bits per heavy atom. The minimum absolute atomic E-state index is 0.0336. The Hall–Kier alpha value is -1.25. The fourth-order valence-corrected chi connectivity index (χ4v) is 9.46. The molecule has 0 aliphatic heterocycles. The molecule has 404 valence electrons. The molecule has 0 radical (unpaired) electrons. The summed E-state index contributed by atoms with van der Waals surface area (Å²) < 4.78 is 34.5. The van der Waals surface area contributed by atoms with Crippen LogP contribution in [0.2, 0.25) is 0 Å². The molecule has 0 amide bonds. The maximum absolute atomic E-state index is 12.8. The van der Waals surface area contributed by atoms with Crippen molar-refractivity contribution in [3.8, 4) is 0 Å². The Labute approximate surface area is 422 Å². The third kappa shape index (κ3) is 54.1. The van der Waals surface area contributed by atoms with E-state index in [-0.39, 0.29) is 25.6 Å². The summed E-state index contributed by atoms with van der Waals surface area (Å²) >= 11 is 0. The third-order valence-electron chi connectivity index (χ3n) is 13.3. The van der Waals surface area contributed by atoms with Crippen molar-refractivity contribution in [2.45, 2.75) is 302 Å². The van der Waals surface area contributed by atoms with Crippen molar-refractivity contribution in [2.75, 3.05) is 47.5 Å². The number of carbonyl (C=O) groups excluding carboxylic acids is 2. The lowest BCUT2D eigenvalue weighted by Gasteiger charge is -2.24. The molecule has 2 atom stereocenters. The minimum Gasteiger partial charge on any atom is -0.462 e. The fourth-order valence-electron chi connectivity index (χ4n) is 8.72. The van der Waals surface area contributed by atoms with Crippen LogP contribution in [0.15, 0.2) is 12.2 Å². The van der Waals surface area contributed by atoms with E-state index in [0.717, 1.165) is 51.4 Å². The maximum Gasteiger partial charge on any atom is 0.472 e. The number of nitrogens with zero attached hydrogens (tertiary/aromatic N) is 1. The van der Waals surface area contributed by atoms with Gasteiger partial charge in [-0.1, -0.05) is 257 Å². The van der Waals surface area contributed by atoms with Crippen LogP contribution in [-0.2, 0) is 32.7 Å². The van der Waals surface area contributed by atoms with Gasteiger partial charge in [0.2, 0.25) is 0 Å². The lowest BCUT2D eigenvalue weighted by molar-refractivity contribution is -0.870. The summed E-state index contributed by atoms with van der Waals surface area (Å²) in [6.45, 7) is 4.47. The van der Waals surface area contributed by atoms with Gasteiger partial charge in [-0.15, -0.1) is 0 Å². The van der Waals surface area contributed by atoms with E-state index in [1.807, 2.05) is 21.1 Å². The molecule has 1 N–H and O–H groups in total. The molecule has 68 heavy (non-hydrogen) atoms. The number of phosphoric acid groups is 1. The minimum atomic E-state index is -4.38. The molecule has 2 unspecified atom stereocenters. The molecule has 9 nitrogen and oxygen atoms in total. The Balaban J connectivity index is 4.02. The maximum atomic E-state index is 12.8. The highest BCUT2D eigenvalue weighted by Gasteiger charge is 2.27.